The van der Waals surface area contributed by atoms with Gasteiger partial charge in [0.2, 0.25) is 0 Å². The van der Waals surface area contributed by atoms with Crippen molar-refractivity contribution in [2.45, 2.75) is 6.10 Å². The van der Waals surface area contributed by atoms with Crippen molar-refractivity contribution in [2.75, 3.05) is 19.7 Å². The number of hydrogen-bond acceptors (Lipinski definition) is 4. The molecule has 1 aromatic heterocycles. The molecular formula is C15H15N3O4. The molecule has 1 aliphatic heterocycles. The number of aromatic nitrogens is 2. The van der Waals surface area contributed by atoms with E-state index in [0.29, 0.717) is 17.9 Å². The smallest absolute Gasteiger partial charge is 0.334 e. The second kappa shape index (κ2) is 5.98. The van der Waals surface area contributed by atoms with Crippen molar-refractivity contribution in [2.24, 2.45) is 0 Å². The minimum Gasteiger partial charge on any atom is -0.479 e. The third kappa shape index (κ3) is 2.84. The van der Waals surface area contributed by atoms with Crippen LogP contribution in [0, 0.1) is 0 Å². The topological polar surface area (TPSA) is 95.5 Å². The van der Waals surface area contributed by atoms with Gasteiger partial charge in [0.25, 0.3) is 5.91 Å². The molecule has 0 aliphatic carbocycles. The van der Waals surface area contributed by atoms with E-state index in [9.17, 15) is 9.59 Å². The van der Waals surface area contributed by atoms with Crippen molar-refractivity contribution in [3.8, 4) is 11.4 Å². The van der Waals surface area contributed by atoms with E-state index in [2.05, 4.69) is 9.97 Å². The second-order valence-electron chi connectivity index (χ2n) is 4.97. The molecule has 2 aromatic rings. The fourth-order valence-electron chi connectivity index (χ4n) is 2.39. The van der Waals surface area contributed by atoms with Crippen LogP contribution in [0.1, 0.15) is 10.4 Å². The number of nitrogens with zero attached hydrogens (tertiary/aromatic N) is 2. The van der Waals surface area contributed by atoms with Crippen LogP contribution in [-0.4, -0.2) is 57.7 Å². The molecule has 7 heteroatoms. The molecule has 0 radical (unpaired) electrons. The highest BCUT2D eigenvalue weighted by Crippen LogP contribution is 2.18. The maximum atomic E-state index is 12.5. The number of hydrogen-bond donors (Lipinski definition) is 2. The normalized spacial score (nSPS) is 18.2. The standard InChI is InChI=1S/C15H15N3O4/c19-14(18-6-7-22-12(9-18)15(20)21)11-3-1-2-10(8-11)13-16-4-5-17-13/h1-5,8,12H,6-7,9H2,(H,16,17)(H,20,21)/t12-/m1/s1. The van der Waals surface area contributed by atoms with Gasteiger partial charge in [-0.1, -0.05) is 12.1 Å². The van der Waals surface area contributed by atoms with Crippen molar-refractivity contribution in [3.63, 3.8) is 0 Å². The van der Waals surface area contributed by atoms with Gasteiger partial charge in [0, 0.05) is 30.1 Å². The predicted octanol–water partition coefficient (Wildman–Crippen LogP) is 1.00. The van der Waals surface area contributed by atoms with Crippen molar-refractivity contribution in [1.82, 2.24) is 14.9 Å². The SMILES string of the molecule is O=C(O)[C@H]1CN(C(=O)c2cccc(-c3ncc[nH]3)c2)CCO1. The molecule has 1 aliphatic rings. The number of carbonyl (C=O) groups excluding carboxylic acids is 1. The van der Waals surface area contributed by atoms with E-state index in [-0.39, 0.29) is 19.1 Å². The number of H-pyrrole nitrogens is 1. The van der Waals surface area contributed by atoms with E-state index in [4.69, 9.17) is 9.84 Å². The molecule has 0 spiro atoms. The molecule has 0 saturated carbocycles. The third-order valence-electron chi connectivity index (χ3n) is 3.51. The van der Waals surface area contributed by atoms with Crippen LogP contribution in [0.3, 0.4) is 0 Å². The first-order chi connectivity index (χ1) is 10.6. The minimum atomic E-state index is -1.05. The lowest BCUT2D eigenvalue weighted by Gasteiger charge is -2.31. The molecule has 2 heterocycles. The Morgan fingerprint density at radius 2 is 2.27 bits per heavy atom. The number of benzene rings is 1. The van der Waals surface area contributed by atoms with Crippen LogP contribution in [0.15, 0.2) is 36.7 Å². The van der Waals surface area contributed by atoms with Crippen molar-refractivity contribution in [1.29, 1.82) is 0 Å². The Hall–Kier alpha value is -2.67. The first-order valence-corrected chi connectivity index (χ1v) is 6.88. The fourth-order valence-corrected chi connectivity index (χ4v) is 2.39. The zero-order chi connectivity index (χ0) is 15.5. The third-order valence-corrected chi connectivity index (χ3v) is 3.51. The van der Waals surface area contributed by atoms with E-state index in [1.54, 1.807) is 30.6 Å². The van der Waals surface area contributed by atoms with Gasteiger partial charge in [-0.3, -0.25) is 4.79 Å². The number of aliphatic carboxylic acids is 1. The van der Waals surface area contributed by atoms with Crippen LogP contribution < -0.4 is 0 Å². The van der Waals surface area contributed by atoms with Gasteiger partial charge in [-0.25, -0.2) is 9.78 Å². The molecule has 3 rings (SSSR count). The van der Waals surface area contributed by atoms with Gasteiger partial charge in [0.1, 0.15) is 5.82 Å². The summed E-state index contributed by atoms with van der Waals surface area (Å²) in [5.74, 6) is -0.579. The summed E-state index contributed by atoms with van der Waals surface area (Å²) in [7, 11) is 0. The Morgan fingerprint density at radius 1 is 1.41 bits per heavy atom. The minimum absolute atomic E-state index is 0.0547. The number of amides is 1. The molecular weight excluding hydrogens is 286 g/mol. The van der Waals surface area contributed by atoms with E-state index in [1.165, 1.54) is 4.90 Å². The summed E-state index contributed by atoms with van der Waals surface area (Å²) >= 11 is 0. The van der Waals surface area contributed by atoms with Crippen LogP contribution in [0.25, 0.3) is 11.4 Å². The zero-order valence-corrected chi connectivity index (χ0v) is 11.7. The lowest BCUT2D eigenvalue weighted by atomic mass is 10.1. The quantitative estimate of drug-likeness (QED) is 0.882. The summed E-state index contributed by atoms with van der Waals surface area (Å²) < 4.78 is 5.13. The van der Waals surface area contributed by atoms with Crippen LogP contribution in [0.5, 0.6) is 0 Å². The van der Waals surface area contributed by atoms with Gasteiger partial charge < -0.3 is 19.7 Å². The summed E-state index contributed by atoms with van der Waals surface area (Å²) in [6.45, 7) is 0.660. The zero-order valence-electron chi connectivity index (χ0n) is 11.7. The van der Waals surface area contributed by atoms with Gasteiger partial charge in [-0.05, 0) is 12.1 Å². The molecule has 1 aromatic carbocycles. The van der Waals surface area contributed by atoms with Crippen molar-refractivity contribution < 1.29 is 19.4 Å². The molecule has 1 saturated heterocycles. The van der Waals surface area contributed by atoms with Crippen LogP contribution in [0.4, 0.5) is 0 Å². The molecule has 0 unspecified atom stereocenters. The van der Waals surface area contributed by atoms with Gasteiger partial charge in [0.05, 0.1) is 13.2 Å². The van der Waals surface area contributed by atoms with Gasteiger partial charge in [-0.15, -0.1) is 0 Å². The molecule has 7 nitrogen and oxygen atoms in total. The fraction of sp³-hybridized carbons (Fsp3) is 0.267. The number of ether oxygens (including phenoxy) is 1. The maximum absolute atomic E-state index is 12.5. The first kappa shape index (κ1) is 14.3. The Labute approximate surface area is 126 Å². The lowest BCUT2D eigenvalue weighted by molar-refractivity contribution is -0.154. The average Bonchev–Trinajstić information content (AvgIpc) is 3.09. The molecule has 22 heavy (non-hydrogen) atoms. The number of carboxylic acids is 1. The molecule has 1 fully saturated rings. The number of nitrogens with one attached hydrogen (secondary N) is 1. The highest BCUT2D eigenvalue weighted by atomic mass is 16.5. The lowest BCUT2D eigenvalue weighted by Crippen LogP contribution is -2.48. The van der Waals surface area contributed by atoms with Crippen molar-refractivity contribution >= 4 is 11.9 Å². The number of rotatable bonds is 3. The Kier molecular flexibility index (Phi) is 3.88. The Bertz CT molecular complexity index is 684. The summed E-state index contributed by atoms with van der Waals surface area (Å²) in [6, 6.07) is 7.08. The highest BCUT2D eigenvalue weighted by molar-refractivity contribution is 5.95. The summed E-state index contributed by atoms with van der Waals surface area (Å²) in [4.78, 5) is 32.2. The number of carbonyl (C=O) groups is 2. The summed E-state index contributed by atoms with van der Waals surface area (Å²) in [5, 5.41) is 9.00. The molecule has 1 atom stereocenters. The van der Waals surface area contributed by atoms with E-state index >= 15 is 0 Å². The van der Waals surface area contributed by atoms with E-state index in [0.717, 1.165) is 5.56 Å². The molecule has 2 N–H and O–H groups in total. The van der Waals surface area contributed by atoms with E-state index in [1.807, 2.05) is 6.07 Å². The first-order valence-electron chi connectivity index (χ1n) is 6.88. The van der Waals surface area contributed by atoms with Gasteiger partial charge in [-0.2, -0.15) is 0 Å². The summed E-state index contributed by atoms with van der Waals surface area (Å²) in [6.07, 6.45) is 2.39. The largest absolute Gasteiger partial charge is 0.479 e. The van der Waals surface area contributed by atoms with Crippen LogP contribution in [-0.2, 0) is 9.53 Å². The van der Waals surface area contributed by atoms with Crippen LogP contribution >= 0.6 is 0 Å². The van der Waals surface area contributed by atoms with Crippen LogP contribution in [0.2, 0.25) is 0 Å². The molecule has 114 valence electrons. The maximum Gasteiger partial charge on any atom is 0.334 e. The second-order valence-corrected chi connectivity index (χ2v) is 4.97. The molecule has 1 amide bonds. The Morgan fingerprint density at radius 3 is 3.00 bits per heavy atom. The average molecular weight is 301 g/mol. The van der Waals surface area contributed by atoms with Gasteiger partial charge >= 0.3 is 5.97 Å². The summed E-state index contributed by atoms with van der Waals surface area (Å²) in [5.41, 5.74) is 1.30. The van der Waals surface area contributed by atoms with Gasteiger partial charge in [0.15, 0.2) is 6.10 Å². The number of carboxylic acid groups (broad SMARTS) is 1. The highest BCUT2D eigenvalue weighted by Gasteiger charge is 2.29. The number of aromatic amines is 1. The number of imidazole rings is 1. The Balaban J connectivity index is 1.80. The monoisotopic (exact) mass is 301 g/mol. The number of morpholine rings is 1. The molecule has 0 bridgehead atoms. The van der Waals surface area contributed by atoms with E-state index < -0.39 is 12.1 Å². The van der Waals surface area contributed by atoms with Crippen molar-refractivity contribution in [3.05, 3.63) is 42.2 Å². The predicted molar refractivity (Wildman–Crippen MR) is 77.3 cm³/mol.